The molecular weight excluding hydrogens is 454 g/mol. The van der Waals surface area contributed by atoms with Crippen LogP contribution in [-0.4, -0.2) is 43.9 Å². The second-order valence-electron chi connectivity index (χ2n) is 8.69. The smallest absolute Gasteiger partial charge is 0.242 e. The van der Waals surface area contributed by atoms with Gasteiger partial charge < -0.3 is 10.6 Å². The predicted octanol–water partition coefficient (Wildman–Crippen LogP) is 3.52. The normalized spacial score (nSPS) is 14.5. The molecule has 1 saturated carbocycles. The van der Waals surface area contributed by atoms with Gasteiger partial charge in [0.15, 0.2) is 5.78 Å². The van der Waals surface area contributed by atoms with Crippen molar-refractivity contribution in [1.82, 2.24) is 9.62 Å². The van der Waals surface area contributed by atoms with E-state index in [2.05, 4.69) is 10.6 Å². The Morgan fingerprint density at radius 3 is 2.21 bits per heavy atom. The summed E-state index contributed by atoms with van der Waals surface area (Å²) >= 11 is 0. The zero-order valence-electron chi connectivity index (χ0n) is 19.7. The number of sulfonamides is 1. The molecule has 1 aliphatic carbocycles. The van der Waals surface area contributed by atoms with E-state index in [0.717, 1.165) is 24.1 Å². The third-order valence-electron chi connectivity index (χ3n) is 5.85. The van der Waals surface area contributed by atoms with E-state index in [4.69, 9.17) is 0 Å². The van der Waals surface area contributed by atoms with E-state index >= 15 is 0 Å². The maximum atomic E-state index is 12.7. The summed E-state index contributed by atoms with van der Waals surface area (Å²) in [7, 11) is -2.23. The van der Waals surface area contributed by atoms with Crippen LogP contribution in [0.15, 0.2) is 53.4 Å². The van der Waals surface area contributed by atoms with E-state index in [9.17, 15) is 22.8 Å². The van der Waals surface area contributed by atoms with Gasteiger partial charge in [0.25, 0.3) is 0 Å². The number of nitrogens with zero attached hydrogens (tertiary/aromatic N) is 1. The van der Waals surface area contributed by atoms with Gasteiger partial charge in [-0.05, 0) is 62.9 Å². The molecule has 0 aromatic heterocycles. The predicted molar refractivity (Wildman–Crippen MR) is 130 cm³/mol. The molecule has 0 bridgehead atoms. The van der Waals surface area contributed by atoms with Crippen molar-refractivity contribution < 1.29 is 22.8 Å². The van der Waals surface area contributed by atoms with Crippen LogP contribution in [0.5, 0.6) is 0 Å². The minimum atomic E-state index is -3.70. The largest absolute Gasteiger partial charge is 0.350 e. The van der Waals surface area contributed by atoms with Crippen LogP contribution >= 0.6 is 0 Å². The van der Waals surface area contributed by atoms with Gasteiger partial charge in [-0.25, -0.2) is 12.7 Å². The van der Waals surface area contributed by atoms with Gasteiger partial charge in [-0.1, -0.05) is 24.3 Å². The summed E-state index contributed by atoms with van der Waals surface area (Å²) in [5.74, 6) is -0.114. The fraction of sp³-hybridized carbons (Fsp3) is 0.400. The van der Waals surface area contributed by atoms with Crippen LogP contribution in [0.25, 0.3) is 0 Å². The van der Waals surface area contributed by atoms with Crippen molar-refractivity contribution in [2.45, 2.75) is 50.5 Å². The van der Waals surface area contributed by atoms with Crippen molar-refractivity contribution in [3.05, 3.63) is 59.7 Å². The molecule has 1 fully saturated rings. The number of anilines is 1. The van der Waals surface area contributed by atoms with E-state index in [1.165, 1.54) is 42.5 Å². The molecule has 2 aromatic carbocycles. The summed E-state index contributed by atoms with van der Waals surface area (Å²) in [6.07, 6.45) is 2.45. The third kappa shape index (κ3) is 6.74. The van der Waals surface area contributed by atoms with Crippen LogP contribution in [0.1, 0.15) is 61.5 Å². The first kappa shape index (κ1) is 25.6. The molecule has 2 N–H and O–H groups in total. The minimum Gasteiger partial charge on any atom is -0.350 e. The highest BCUT2D eigenvalue weighted by Crippen LogP contribution is 2.30. The minimum absolute atomic E-state index is 0.0501. The molecule has 0 heterocycles. The van der Waals surface area contributed by atoms with E-state index < -0.39 is 10.0 Å². The van der Waals surface area contributed by atoms with Gasteiger partial charge >= 0.3 is 0 Å². The first-order chi connectivity index (χ1) is 16.1. The average Bonchev–Trinajstić information content (AvgIpc) is 3.65. The lowest BCUT2D eigenvalue weighted by Crippen LogP contribution is -2.30. The Balaban J connectivity index is 1.44. The van der Waals surface area contributed by atoms with Crippen LogP contribution in [0.2, 0.25) is 0 Å². The Hall–Kier alpha value is -3.04. The van der Waals surface area contributed by atoms with E-state index in [0.29, 0.717) is 12.0 Å². The number of benzene rings is 2. The van der Waals surface area contributed by atoms with Crippen molar-refractivity contribution in [1.29, 1.82) is 0 Å². The number of nitrogens with one attached hydrogen (secondary N) is 2. The molecule has 182 valence electrons. The monoisotopic (exact) mass is 485 g/mol. The molecule has 1 atom stereocenters. The molecule has 2 amide bonds. The second kappa shape index (κ2) is 10.9. The van der Waals surface area contributed by atoms with Gasteiger partial charge in [-0.3, -0.25) is 14.4 Å². The Kier molecular flexibility index (Phi) is 8.22. The third-order valence-corrected chi connectivity index (χ3v) is 7.72. The van der Waals surface area contributed by atoms with Gasteiger partial charge in [0.05, 0.1) is 10.9 Å². The second-order valence-corrected chi connectivity index (χ2v) is 10.7. The molecular formula is C25H31N3O5S. The highest BCUT2D eigenvalue weighted by atomic mass is 32.2. The molecule has 2 aromatic rings. The van der Waals surface area contributed by atoms with E-state index in [1.807, 2.05) is 31.2 Å². The number of ketones is 1. The van der Waals surface area contributed by atoms with Crippen LogP contribution in [0.4, 0.5) is 5.69 Å². The lowest BCUT2D eigenvalue weighted by atomic mass is 10.1. The lowest BCUT2D eigenvalue weighted by molar-refractivity contribution is -0.122. The Morgan fingerprint density at radius 1 is 1.03 bits per heavy atom. The van der Waals surface area contributed by atoms with Gasteiger partial charge in [0.2, 0.25) is 21.8 Å². The number of carbonyl (C=O) groups excluding carboxylic acids is 3. The molecule has 0 saturated heterocycles. The summed E-state index contributed by atoms with van der Waals surface area (Å²) in [4.78, 5) is 35.7. The fourth-order valence-electron chi connectivity index (χ4n) is 3.47. The van der Waals surface area contributed by atoms with Crippen molar-refractivity contribution >= 4 is 33.3 Å². The molecule has 8 nitrogen and oxygen atoms in total. The number of rotatable bonds is 11. The fourth-order valence-corrected chi connectivity index (χ4v) is 4.68. The highest BCUT2D eigenvalue weighted by Gasteiger charge is 2.29. The topological polar surface area (TPSA) is 113 Å². The maximum absolute atomic E-state index is 12.7. The molecule has 0 radical (unpaired) electrons. The first-order valence-corrected chi connectivity index (χ1v) is 12.8. The van der Waals surface area contributed by atoms with Gasteiger partial charge in [0, 0.05) is 37.2 Å². The number of hydrogen-bond acceptors (Lipinski definition) is 5. The molecule has 34 heavy (non-hydrogen) atoms. The summed E-state index contributed by atoms with van der Waals surface area (Å²) in [5.41, 5.74) is 2.09. The van der Waals surface area contributed by atoms with Gasteiger partial charge in [-0.2, -0.15) is 0 Å². The molecule has 1 unspecified atom stereocenters. The number of Topliss-reactive ketones (excluding diaryl/α,β-unsaturated/α-hetero) is 1. The Labute approximate surface area is 200 Å². The zero-order valence-corrected chi connectivity index (χ0v) is 20.5. The Bertz CT molecular complexity index is 1140. The van der Waals surface area contributed by atoms with Crippen LogP contribution in [0, 0.1) is 5.92 Å². The number of amides is 2. The molecule has 1 aliphatic rings. The number of hydrogen-bond donors (Lipinski definition) is 2. The lowest BCUT2D eigenvalue weighted by Gasteiger charge is -2.18. The van der Waals surface area contributed by atoms with Crippen molar-refractivity contribution in [2.75, 3.05) is 18.9 Å². The van der Waals surface area contributed by atoms with E-state index in [-0.39, 0.29) is 47.4 Å². The summed E-state index contributed by atoms with van der Waals surface area (Å²) in [6.45, 7) is 3.48. The van der Waals surface area contributed by atoms with Crippen molar-refractivity contribution in [3.63, 3.8) is 0 Å². The molecule has 3 rings (SSSR count). The maximum Gasteiger partial charge on any atom is 0.242 e. The number of carbonyl (C=O) groups is 3. The van der Waals surface area contributed by atoms with Gasteiger partial charge in [-0.15, -0.1) is 0 Å². The summed E-state index contributed by atoms with van der Waals surface area (Å²) < 4.78 is 26.6. The van der Waals surface area contributed by atoms with Crippen molar-refractivity contribution in [3.8, 4) is 0 Å². The van der Waals surface area contributed by atoms with Crippen LogP contribution in [-0.2, 0) is 19.6 Å². The molecule has 9 heteroatoms. The first-order valence-electron chi connectivity index (χ1n) is 11.4. The standard InChI is InChI=1S/C25H31N3O5S/c1-17(19-8-12-22(13-9-19)27-25(31)21-6-7-21)26-24(30)5-4-16-28(3)34(32,33)23-14-10-20(11-15-23)18(2)29/h8-15,17,21H,4-7,16H2,1-3H3,(H,26,30)(H,27,31). The molecule has 0 spiro atoms. The summed E-state index contributed by atoms with van der Waals surface area (Å²) in [6, 6.07) is 13.0. The van der Waals surface area contributed by atoms with Crippen LogP contribution in [0.3, 0.4) is 0 Å². The van der Waals surface area contributed by atoms with E-state index in [1.54, 1.807) is 0 Å². The summed E-state index contributed by atoms with van der Waals surface area (Å²) in [5, 5.41) is 5.81. The zero-order chi connectivity index (χ0) is 24.9. The average molecular weight is 486 g/mol. The van der Waals surface area contributed by atoms with Crippen LogP contribution < -0.4 is 10.6 Å². The van der Waals surface area contributed by atoms with Gasteiger partial charge in [0.1, 0.15) is 0 Å². The SMILES string of the molecule is CC(=O)c1ccc(S(=O)(=O)N(C)CCCC(=O)NC(C)c2ccc(NC(=O)C3CC3)cc2)cc1. The van der Waals surface area contributed by atoms with Crippen molar-refractivity contribution in [2.24, 2.45) is 5.92 Å². The molecule has 0 aliphatic heterocycles. The quantitative estimate of drug-likeness (QED) is 0.473. The highest BCUT2D eigenvalue weighted by molar-refractivity contribution is 7.89. The Morgan fingerprint density at radius 2 is 1.65 bits per heavy atom.